The van der Waals surface area contributed by atoms with E-state index in [1.807, 2.05) is 49.4 Å². The van der Waals surface area contributed by atoms with Gasteiger partial charge in [0.15, 0.2) is 11.5 Å². The molecule has 6 heteroatoms. The average Bonchev–Trinajstić information content (AvgIpc) is 2.66. The van der Waals surface area contributed by atoms with E-state index in [2.05, 4.69) is 10.6 Å². The number of hydrogen-bond donors (Lipinski definition) is 2. The lowest BCUT2D eigenvalue weighted by atomic mass is 10.0. The molecule has 0 aromatic heterocycles. The summed E-state index contributed by atoms with van der Waals surface area (Å²) in [6.07, 6.45) is 0.174. The summed E-state index contributed by atoms with van der Waals surface area (Å²) in [5.41, 5.74) is 2.97. The Labute approximate surface area is 158 Å². The van der Waals surface area contributed by atoms with Crippen LogP contribution in [0.15, 0.2) is 42.5 Å². The maximum Gasteiger partial charge on any atom is 0.222 e. The summed E-state index contributed by atoms with van der Waals surface area (Å²) in [7, 11) is 0. The van der Waals surface area contributed by atoms with Crippen molar-refractivity contribution in [1.29, 1.82) is 0 Å². The summed E-state index contributed by atoms with van der Waals surface area (Å²) in [6, 6.07) is 13.1. The molecule has 2 aromatic rings. The number of amides is 2. The Morgan fingerprint density at radius 2 is 1.74 bits per heavy atom. The van der Waals surface area contributed by atoms with Crippen LogP contribution in [0.1, 0.15) is 36.1 Å². The Morgan fingerprint density at radius 1 is 1.04 bits per heavy atom. The zero-order valence-electron chi connectivity index (χ0n) is 15.6. The molecule has 0 bridgehead atoms. The summed E-state index contributed by atoms with van der Waals surface area (Å²) in [5.74, 6) is 1.12. The van der Waals surface area contributed by atoms with Gasteiger partial charge >= 0.3 is 0 Å². The van der Waals surface area contributed by atoms with E-state index in [1.54, 1.807) is 0 Å². The van der Waals surface area contributed by atoms with Crippen LogP contribution in [0, 0.1) is 6.92 Å². The van der Waals surface area contributed by atoms with Crippen LogP contribution in [0.4, 0.5) is 0 Å². The molecule has 0 spiro atoms. The molecule has 0 saturated carbocycles. The quantitative estimate of drug-likeness (QED) is 0.822. The smallest absolute Gasteiger partial charge is 0.222 e. The van der Waals surface area contributed by atoms with E-state index in [1.165, 1.54) is 6.92 Å². The van der Waals surface area contributed by atoms with Crippen molar-refractivity contribution in [1.82, 2.24) is 10.6 Å². The van der Waals surface area contributed by atoms with Crippen LogP contribution >= 0.6 is 0 Å². The Morgan fingerprint density at radius 3 is 2.44 bits per heavy atom. The van der Waals surface area contributed by atoms with Crippen LogP contribution in [0.5, 0.6) is 11.5 Å². The third-order valence-electron chi connectivity index (χ3n) is 4.34. The highest BCUT2D eigenvalue weighted by Gasteiger charge is 2.17. The first kappa shape index (κ1) is 18.8. The van der Waals surface area contributed by atoms with Gasteiger partial charge in [-0.2, -0.15) is 0 Å². The van der Waals surface area contributed by atoms with Crippen LogP contribution in [0.3, 0.4) is 0 Å². The highest BCUT2D eigenvalue weighted by atomic mass is 16.6. The maximum absolute atomic E-state index is 12.4. The van der Waals surface area contributed by atoms with Crippen molar-refractivity contribution >= 4 is 11.8 Å². The first-order chi connectivity index (χ1) is 13.0. The minimum atomic E-state index is -0.358. The number of rotatable bonds is 6. The molecule has 1 aliphatic rings. The SMILES string of the molecule is CC(=O)NC(CC(=O)NCc1ccc2c(c1)OCCO2)c1ccc(C)cc1. The first-order valence-electron chi connectivity index (χ1n) is 9.00. The third kappa shape index (κ3) is 5.23. The van der Waals surface area contributed by atoms with Gasteiger partial charge in [-0.25, -0.2) is 0 Å². The predicted molar refractivity (Wildman–Crippen MR) is 102 cm³/mol. The highest BCUT2D eigenvalue weighted by Crippen LogP contribution is 2.30. The standard InChI is InChI=1S/C21H24N2O4/c1-14-3-6-17(7-4-14)18(23-15(2)24)12-21(25)22-13-16-5-8-19-20(11-16)27-10-9-26-19/h3-8,11,18H,9-10,12-13H2,1-2H3,(H,22,25)(H,23,24). The van der Waals surface area contributed by atoms with E-state index < -0.39 is 0 Å². The maximum atomic E-state index is 12.4. The fourth-order valence-corrected chi connectivity index (χ4v) is 2.95. The summed E-state index contributed by atoms with van der Waals surface area (Å²) in [6.45, 7) is 4.91. The molecule has 1 unspecified atom stereocenters. The van der Waals surface area contributed by atoms with Crippen molar-refractivity contribution in [2.75, 3.05) is 13.2 Å². The van der Waals surface area contributed by atoms with Gasteiger partial charge in [0.05, 0.1) is 12.5 Å². The molecule has 142 valence electrons. The van der Waals surface area contributed by atoms with E-state index in [-0.39, 0.29) is 24.3 Å². The molecule has 1 atom stereocenters. The van der Waals surface area contributed by atoms with Crippen LogP contribution in [-0.4, -0.2) is 25.0 Å². The zero-order chi connectivity index (χ0) is 19.2. The van der Waals surface area contributed by atoms with E-state index in [0.29, 0.717) is 25.5 Å². The summed E-state index contributed by atoms with van der Waals surface area (Å²) < 4.78 is 11.1. The van der Waals surface area contributed by atoms with Gasteiger partial charge in [0.1, 0.15) is 13.2 Å². The molecular formula is C21H24N2O4. The molecule has 0 aliphatic carbocycles. The van der Waals surface area contributed by atoms with Gasteiger partial charge in [0.25, 0.3) is 0 Å². The number of nitrogens with one attached hydrogen (secondary N) is 2. The number of benzene rings is 2. The molecule has 27 heavy (non-hydrogen) atoms. The van der Waals surface area contributed by atoms with Gasteiger partial charge in [-0.15, -0.1) is 0 Å². The fraction of sp³-hybridized carbons (Fsp3) is 0.333. The van der Waals surface area contributed by atoms with Crippen LogP contribution in [0.2, 0.25) is 0 Å². The van der Waals surface area contributed by atoms with Gasteiger partial charge in [-0.3, -0.25) is 9.59 Å². The molecule has 0 fully saturated rings. The normalized spacial score (nSPS) is 13.6. The van der Waals surface area contributed by atoms with Crippen molar-refractivity contribution in [3.8, 4) is 11.5 Å². The Hall–Kier alpha value is -3.02. The predicted octanol–water partition coefficient (Wildman–Crippen LogP) is 2.65. The van der Waals surface area contributed by atoms with E-state index >= 15 is 0 Å². The molecular weight excluding hydrogens is 344 g/mol. The summed E-state index contributed by atoms with van der Waals surface area (Å²) >= 11 is 0. The summed E-state index contributed by atoms with van der Waals surface area (Å²) in [5, 5.41) is 5.75. The molecule has 2 N–H and O–H groups in total. The number of fused-ring (bicyclic) bond motifs is 1. The number of carbonyl (C=O) groups is 2. The van der Waals surface area contributed by atoms with Crippen LogP contribution < -0.4 is 20.1 Å². The minimum absolute atomic E-state index is 0.135. The van der Waals surface area contributed by atoms with Gasteiger partial charge in [0.2, 0.25) is 11.8 Å². The van der Waals surface area contributed by atoms with Crippen LogP contribution in [-0.2, 0) is 16.1 Å². The minimum Gasteiger partial charge on any atom is -0.486 e. The lowest BCUT2D eigenvalue weighted by molar-refractivity contribution is -0.122. The lowest BCUT2D eigenvalue weighted by Crippen LogP contribution is -2.32. The molecule has 2 aromatic carbocycles. The highest BCUT2D eigenvalue weighted by molar-refractivity contribution is 5.79. The number of aryl methyl sites for hydroxylation is 1. The van der Waals surface area contributed by atoms with Gasteiger partial charge < -0.3 is 20.1 Å². The molecule has 1 aliphatic heterocycles. The van der Waals surface area contributed by atoms with Crippen molar-refractivity contribution in [2.24, 2.45) is 0 Å². The average molecular weight is 368 g/mol. The van der Waals surface area contributed by atoms with Gasteiger partial charge in [0, 0.05) is 13.5 Å². The van der Waals surface area contributed by atoms with Crippen molar-refractivity contribution in [3.63, 3.8) is 0 Å². The van der Waals surface area contributed by atoms with E-state index in [0.717, 1.165) is 22.4 Å². The monoisotopic (exact) mass is 368 g/mol. The second-order valence-corrected chi connectivity index (χ2v) is 6.62. The number of ether oxygens (including phenoxy) is 2. The van der Waals surface area contributed by atoms with Crippen molar-refractivity contribution in [2.45, 2.75) is 32.9 Å². The molecule has 6 nitrogen and oxygen atoms in total. The molecule has 1 heterocycles. The second-order valence-electron chi connectivity index (χ2n) is 6.62. The fourth-order valence-electron chi connectivity index (χ4n) is 2.95. The van der Waals surface area contributed by atoms with Gasteiger partial charge in [-0.05, 0) is 30.2 Å². The van der Waals surface area contributed by atoms with Gasteiger partial charge in [-0.1, -0.05) is 35.9 Å². The number of carbonyl (C=O) groups excluding carboxylic acids is 2. The van der Waals surface area contributed by atoms with Crippen molar-refractivity contribution in [3.05, 3.63) is 59.2 Å². The van der Waals surface area contributed by atoms with Crippen molar-refractivity contribution < 1.29 is 19.1 Å². The van der Waals surface area contributed by atoms with E-state index in [9.17, 15) is 9.59 Å². The van der Waals surface area contributed by atoms with Crippen LogP contribution in [0.25, 0.3) is 0 Å². The Balaban J connectivity index is 1.60. The topological polar surface area (TPSA) is 76.7 Å². The zero-order valence-corrected chi connectivity index (χ0v) is 15.6. The van der Waals surface area contributed by atoms with E-state index in [4.69, 9.17) is 9.47 Å². The lowest BCUT2D eigenvalue weighted by Gasteiger charge is -2.20. The molecule has 3 rings (SSSR count). The molecule has 0 radical (unpaired) electrons. The first-order valence-corrected chi connectivity index (χ1v) is 9.00. The summed E-state index contributed by atoms with van der Waals surface area (Å²) in [4.78, 5) is 23.9. The molecule has 2 amide bonds. The Bertz CT molecular complexity index is 817. The second kappa shape index (κ2) is 8.58. The molecule has 0 saturated heterocycles. The number of hydrogen-bond acceptors (Lipinski definition) is 4. The largest absolute Gasteiger partial charge is 0.486 e. The third-order valence-corrected chi connectivity index (χ3v) is 4.34. The Kier molecular flexibility index (Phi) is 5.96.